The molecule has 0 amide bonds. The number of hydrogen-bond acceptors (Lipinski definition) is 3. The number of thioether (sulfide) groups is 1. The Morgan fingerprint density at radius 2 is 2.21 bits per heavy atom. The van der Waals surface area contributed by atoms with E-state index >= 15 is 0 Å². The SMILES string of the molecule is CC1CN(CC(C)(N)C2CC2)CCS1. The van der Waals surface area contributed by atoms with Crippen LogP contribution in [-0.4, -0.2) is 41.1 Å². The predicted octanol–water partition coefficient (Wildman–Crippen LogP) is 1.55. The van der Waals surface area contributed by atoms with Crippen LogP contribution in [0.1, 0.15) is 26.7 Å². The molecule has 1 aliphatic carbocycles. The topological polar surface area (TPSA) is 29.3 Å². The molecule has 1 aliphatic heterocycles. The molecular formula is C11H22N2S. The lowest BCUT2D eigenvalue weighted by molar-refractivity contribution is 0.209. The van der Waals surface area contributed by atoms with Gasteiger partial charge in [-0.05, 0) is 25.7 Å². The lowest BCUT2D eigenvalue weighted by Gasteiger charge is -2.36. The van der Waals surface area contributed by atoms with Crippen molar-refractivity contribution >= 4 is 11.8 Å². The molecule has 1 heterocycles. The van der Waals surface area contributed by atoms with E-state index in [1.165, 1.54) is 31.7 Å². The zero-order valence-corrected chi connectivity index (χ0v) is 10.1. The minimum Gasteiger partial charge on any atom is -0.324 e. The first kappa shape index (κ1) is 10.8. The number of nitrogens with zero attached hydrogens (tertiary/aromatic N) is 1. The third-order valence-corrected chi connectivity index (χ3v) is 4.54. The molecule has 0 aromatic rings. The Hall–Kier alpha value is 0.270. The van der Waals surface area contributed by atoms with Crippen LogP contribution in [-0.2, 0) is 0 Å². The summed E-state index contributed by atoms with van der Waals surface area (Å²) in [6, 6.07) is 0. The molecule has 2 aliphatic rings. The fourth-order valence-corrected chi connectivity index (χ4v) is 3.47. The summed E-state index contributed by atoms with van der Waals surface area (Å²) in [5.74, 6) is 2.08. The number of nitrogens with two attached hydrogens (primary N) is 1. The molecule has 2 N–H and O–H groups in total. The highest BCUT2D eigenvalue weighted by Crippen LogP contribution is 2.38. The molecule has 1 saturated carbocycles. The van der Waals surface area contributed by atoms with Crippen LogP contribution in [0.5, 0.6) is 0 Å². The maximum absolute atomic E-state index is 6.35. The summed E-state index contributed by atoms with van der Waals surface area (Å²) < 4.78 is 0. The van der Waals surface area contributed by atoms with Crippen LogP contribution in [0.25, 0.3) is 0 Å². The summed E-state index contributed by atoms with van der Waals surface area (Å²) in [6.45, 7) is 8.11. The average Bonchev–Trinajstić information content (AvgIpc) is 2.84. The molecule has 2 nitrogen and oxygen atoms in total. The maximum atomic E-state index is 6.35. The van der Waals surface area contributed by atoms with E-state index in [-0.39, 0.29) is 5.54 Å². The van der Waals surface area contributed by atoms with Gasteiger partial charge in [0.15, 0.2) is 0 Å². The Kier molecular flexibility index (Phi) is 3.10. The van der Waals surface area contributed by atoms with Crippen LogP contribution in [0.3, 0.4) is 0 Å². The highest BCUT2D eigenvalue weighted by atomic mass is 32.2. The molecule has 0 aromatic carbocycles. The quantitative estimate of drug-likeness (QED) is 0.773. The van der Waals surface area contributed by atoms with Gasteiger partial charge in [0.1, 0.15) is 0 Å². The van der Waals surface area contributed by atoms with Crippen molar-refractivity contribution < 1.29 is 0 Å². The van der Waals surface area contributed by atoms with E-state index < -0.39 is 0 Å². The van der Waals surface area contributed by atoms with Crippen molar-refractivity contribution in [2.75, 3.05) is 25.4 Å². The Balaban J connectivity index is 1.83. The van der Waals surface area contributed by atoms with E-state index in [0.717, 1.165) is 17.7 Å². The molecule has 0 radical (unpaired) electrons. The molecule has 14 heavy (non-hydrogen) atoms. The van der Waals surface area contributed by atoms with E-state index in [9.17, 15) is 0 Å². The van der Waals surface area contributed by atoms with E-state index in [0.29, 0.717) is 0 Å². The molecule has 1 saturated heterocycles. The standard InChI is InChI=1S/C11H22N2S/c1-9-7-13(5-6-14-9)8-11(2,12)10-3-4-10/h9-10H,3-8,12H2,1-2H3. The van der Waals surface area contributed by atoms with E-state index in [1.807, 2.05) is 0 Å². The van der Waals surface area contributed by atoms with Gasteiger partial charge in [-0.2, -0.15) is 11.8 Å². The monoisotopic (exact) mass is 214 g/mol. The Morgan fingerprint density at radius 1 is 1.50 bits per heavy atom. The lowest BCUT2D eigenvalue weighted by Crippen LogP contribution is -2.52. The second-order valence-electron chi connectivity index (χ2n) is 5.20. The van der Waals surface area contributed by atoms with Gasteiger partial charge in [-0.3, -0.25) is 4.90 Å². The van der Waals surface area contributed by atoms with Crippen molar-refractivity contribution in [2.45, 2.75) is 37.5 Å². The number of rotatable bonds is 3. The van der Waals surface area contributed by atoms with Gasteiger partial charge in [-0.25, -0.2) is 0 Å². The van der Waals surface area contributed by atoms with E-state index in [4.69, 9.17) is 5.73 Å². The summed E-state index contributed by atoms with van der Waals surface area (Å²) in [4.78, 5) is 2.56. The molecule has 0 spiro atoms. The first-order valence-electron chi connectivity index (χ1n) is 5.71. The van der Waals surface area contributed by atoms with E-state index in [2.05, 4.69) is 30.5 Å². The second kappa shape index (κ2) is 4.03. The normalized spacial score (nSPS) is 34.1. The average molecular weight is 214 g/mol. The van der Waals surface area contributed by atoms with Gasteiger partial charge in [0.05, 0.1) is 0 Å². The maximum Gasteiger partial charge on any atom is 0.0283 e. The number of hydrogen-bond donors (Lipinski definition) is 1. The van der Waals surface area contributed by atoms with Gasteiger partial charge in [-0.15, -0.1) is 0 Å². The fraction of sp³-hybridized carbons (Fsp3) is 1.00. The summed E-state index contributed by atoms with van der Waals surface area (Å²) in [6.07, 6.45) is 2.70. The van der Waals surface area contributed by atoms with Gasteiger partial charge in [-0.1, -0.05) is 6.92 Å². The van der Waals surface area contributed by atoms with Crippen molar-refractivity contribution in [1.29, 1.82) is 0 Å². The smallest absolute Gasteiger partial charge is 0.0283 e. The van der Waals surface area contributed by atoms with Crippen molar-refractivity contribution in [3.63, 3.8) is 0 Å². The molecular weight excluding hydrogens is 192 g/mol. The molecule has 0 aromatic heterocycles. The van der Waals surface area contributed by atoms with Gasteiger partial charge < -0.3 is 5.73 Å². The summed E-state index contributed by atoms with van der Waals surface area (Å²) >= 11 is 2.09. The van der Waals surface area contributed by atoms with Crippen molar-refractivity contribution in [3.05, 3.63) is 0 Å². The minimum atomic E-state index is 0.0712. The molecule has 2 fully saturated rings. The van der Waals surface area contributed by atoms with Crippen molar-refractivity contribution in [2.24, 2.45) is 11.7 Å². The Bertz CT molecular complexity index is 201. The molecule has 3 heteroatoms. The zero-order chi connectivity index (χ0) is 10.2. The first-order valence-corrected chi connectivity index (χ1v) is 6.75. The van der Waals surface area contributed by atoms with Crippen molar-refractivity contribution in [3.8, 4) is 0 Å². The van der Waals surface area contributed by atoms with Crippen LogP contribution in [0.15, 0.2) is 0 Å². The van der Waals surface area contributed by atoms with Crippen LogP contribution < -0.4 is 5.73 Å². The van der Waals surface area contributed by atoms with Crippen LogP contribution in [0, 0.1) is 5.92 Å². The third-order valence-electron chi connectivity index (χ3n) is 3.40. The largest absolute Gasteiger partial charge is 0.324 e. The Labute approximate surface area is 91.6 Å². The van der Waals surface area contributed by atoms with Gasteiger partial charge in [0.2, 0.25) is 0 Å². The molecule has 2 unspecified atom stereocenters. The van der Waals surface area contributed by atoms with Crippen LogP contribution >= 0.6 is 11.8 Å². The third kappa shape index (κ3) is 2.65. The summed E-state index contributed by atoms with van der Waals surface area (Å²) in [5.41, 5.74) is 6.42. The van der Waals surface area contributed by atoms with Crippen molar-refractivity contribution in [1.82, 2.24) is 4.90 Å². The van der Waals surface area contributed by atoms with Gasteiger partial charge >= 0.3 is 0 Å². The Morgan fingerprint density at radius 3 is 2.79 bits per heavy atom. The highest BCUT2D eigenvalue weighted by molar-refractivity contribution is 7.99. The van der Waals surface area contributed by atoms with Gasteiger partial charge in [0.25, 0.3) is 0 Å². The van der Waals surface area contributed by atoms with Crippen LogP contribution in [0.4, 0.5) is 0 Å². The van der Waals surface area contributed by atoms with E-state index in [1.54, 1.807) is 0 Å². The first-order chi connectivity index (χ1) is 6.58. The molecule has 2 atom stereocenters. The zero-order valence-electron chi connectivity index (χ0n) is 9.33. The minimum absolute atomic E-state index is 0.0712. The lowest BCUT2D eigenvalue weighted by atomic mass is 9.96. The molecule has 2 rings (SSSR count). The highest BCUT2D eigenvalue weighted by Gasteiger charge is 2.39. The molecule has 0 bridgehead atoms. The summed E-state index contributed by atoms with van der Waals surface area (Å²) in [5, 5.41) is 0.791. The fourth-order valence-electron chi connectivity index (χ4n) is 2.39. The second-order valence-corrected chi connectivity index (χ2v) is 6.74. The molecule has 82 valence electrons. The van der Waals surface area contributed by atoms with Gasteiger partial charge in [0, 0.05) is 36.2 Å². The van der Waals surface area contributed by atoms with Crippen LogP contribution in [0.2, 0.25) is 0 Å². The predicted molar refractivity (Wildman–Crippen MR) is 63.7 cm³/mol. The summed E-state index contributed by atoms with van der Waals surface area (Å²) in [7, 11) is 0.